The highest BCUT2D eigenvalue weighted by atomic mass is 32.1. The smallest absolute Gasteiger partial charge is 0.164 e. The second-order valence-electron chi connectivity index (χ2n) is 14.4. The summed E-state index contributed by atoms with van der Waals surface area (Å²) in [6.45, 7) is 0. The lowest BCUT2D eigenvalue weighted by atomic mass is 9.83. The van der Waals surface area contributed by atoms with Crippen LogP contribution in [0.5, 0.6) is 0 Å². The molecule has 9 aromatic rings. The molecule has 0 fully saturated rings. The Morgan fingerprint density at radius 1 is 0.482 bits per heavy atom. The SMILES string of the molecule is C1=CC2C(C(c3nc(-c4ccccc4)nc(-c4ccccc4)n3)=C1)c1ccccc1N2c1cc(-c2ccc(-c3ccccc3)cc2)c2sc3ccccc3c2c1. The molecule has 0 radical (unpaired) electrons. The maximum Gasteiger partial charge on any atom is 0.164 e. The molecular formula is C51H34N4S. The van der Waals surface area contributed by atoms with Crippen molar-refractivity contribution >= 4 is 48.5 Å². The molecule has 264 valence electrons. The van der Waals surface area contributed by atoms with Crippen molar-refractivity contribution in [2.24, 2.45) is 0 Å². The first-order valence-electron chi connectivity index (χ1n) is 19.0. The standard InChI is InChI=1S/C51H34N4S/c1-4-15-33(16-5-1)34-27-29-35(30-28-34)42-31-38(32-43-39-21-11-13-26-46(39)56-48(42)43)55-44-24-12-10-22-40(44)47-41(23-14-25-45(47)55)51-53-49(36-17-6-2-7-18-36)52-50(54-51)37-19-8-3-9-20-37/h1-32,45,47H. The molecule has 1 aliphatic carbocycles. The van der Waals surface area contributed by atoms with Crippen molar-refractivity contribution in [3.63, 3.8) is 0 Å². The van der Waals surface area contributed by atoms with Crippen LogP contribution in [0.3, 0.4) is 0 Å². The van der Waals surface area contributed by atoms with Crippen LogP contribution in [0.15, 0.2) is 194 Å². The molecule has 0 saturated heterocycles. The van der Waals surface area contributed by atoms with E-state index in [2.05, 4.69) is 163 Å². The van der Waals surface area contributed by atoms with Crippen LogP contribution in [0.4, 0.5) is 11.4 Å². The minimum absolute atomic E-state index is 0.00867. The lowest BCUT2D eigenvalue weighted by Crippen LogP contribution is -2.30. The Kier molecular flexibility index (Phi) is 7.78. The molecule has 1 aliphatic heterocycles. The Labute approximate surface area is 329 Å². The third kappa shape index (κ3) is 5.47. The van der Waals surface area contributed by atoms with Gasteiger partial charge in [0.2, 0.25) is 0 Å². The van der Waals surface area contributed by atoms with Crippen LogP contribution in [-0.2, 0) is 0 Å². The third-order valence-corrected chi connectivity index (χ3v) is 12.3. The van der Waals surface area contributed by atoms with Crippen LogP contribution in [-0.4, -0.2) is 21.0 Å². The Bertz CT molecular complexity index is 2910. The van der Waals surface area contributed by atoms with Crippen LogP contribution in [0, 0.1) is 0 Å². The summed E-state index contributed by atoms with van der Waals surface area (Å²) in [5.74, 6) is 2.05. The molecule has 3 heterocycles. The molecule has 11 rings (SSSR count). The van der Waals surface area contributed by atoms with E-state index in [1.165, 1.54) is 59.4 Å². The van der Waals surface area contributed by atoms with E-state index >= 15 is 0 Å². The minimum Gasteiger partial charge on any atom is -0.333 e. The molecule has 2 atom stereocenters. The molecule has 0 spiro atoms. The number of anilines is 2. The van der Waals surface area contributed by atoms with Gasteiger partial charge in [-0.05, 0) is 46.5 Å². The second kappa shape index (κ2) is 13.4. The van der Waals surface area contributed by atoms with Crippen LogP contribution in [0.25, 0.3) is 70.8 Å². The molecule has 2 unspecified atom stereocenters. The summed E-state index contributed by atoms with van der Waals surface area (Å²) in [7, 11) is 0. The van der Waals surface area contributed by atoms with Crippen molar-refractivity contribution in [3.05, 3.63) is 206 Å². The van der Waals surface area contributed by atoms with E-state index in [4.69, 9.17) is 15.0 Å². The zero-order chi connectivity index (χ0) is 37.0. The van der Waals surface area contributed by atoms with Crippen LogP contribution in [0.1, 0.15) is 17.3 Å². The van der Waals surface area contributed by atoms with Crippen LogP contribution < -0.4 is 4.90 Å². The largest absolute Gasteiger partial charge is 0.333 e. The molecule has 0 amide bonds. The van der Waals surface area contributed by atoms with E-state index < -0.39 is 0 Å². The van der Waals surface area contributed by atoms with Gasteiger partial charge in [0.25, 0.3) is 0 Å². The number of hydrogen-bond donors (Lipinski definition) is 0. The quantitative estimate of drug-likeness (QED) is 0.171. The number of rotatable bonds is 6. The Hall–Kier alpha value is -6.95. The van der Waals surface area contributed by atoms with Crippen LogP contribution >= 0.6 is 11.3 Å². The van der Waals surface area contributed by atoms with Gasteiger partial charge in [-0.15, -0.1) is 11.3 Å². The summed E-state index contributed by atoms with van der Waals surface area (Å²) in [6, 6.07) is 62.6. The van der Waals surface area contributed by atoms with E-state index in [1.807, 2.05) is 47.7 Å². The number of fused-ring (bicyclic) bond motifs is 6. The summed E-state index contributed by atoms with van der Waals surface area (Å²) in [6.07, 6.45) is 6.73. The maximum atomic E-state index is 5.19. The van der Waals surface area contributed by atoms with Gasteiger partial charge in [0.1, 0.15) is 0 Å². The average molecular weight is 735 g/mol. The van der Waals surface area contributed by atoms with Gasteiger partial charge in [-0.1, -0.05) is 170 Å². The molecule has 5 heteroatoms. The monoisotopic (exact) mass is 734 g/mol. The fourth-order valence-electron chi connectivity index (χ4n) is 8.49. The van der Waals surface area contributed by atoms with Gasteiger partial charge in [-0.3, -0.25) is 0 Å². The Morgan fingerprint density at radius 3 is 1.77 bits per heavy atom. The highest BCUT2D eigenvalue weighted by Gasteiger charge is 2.42. The number of hydrogen-bond acceptors (Lipinski definition) is 5. The highest BCUT2D eigenvalue weighted by molar-refractivity contribution is 7.26. The zero-order valence-corrected chi connectivity index (χ0v) is 31.1. The van der Waals surface area contributed by atoms with E-state index in [9.17, 15) is 0 Å². The second-order valence-corrected chi connectivity index (χ2v) is 15.4. The van der Waals surface area contributed by atoms with Crippen molar-refractivity contribution in [1.29, 1.82) is 0 Å². The number of benzene rings is 7. The molecule has 0 bridgehead atoms. The molecule has 2 aromatic heterocycles. The Balaban J connectivity index is 1.07. The van der Waals surface area contributed by atoms with Crippen molar-refractivity contribution in [2.75, 3.05) is 4.90 Å². The predicted molar refractivity (Wildman–Crippen MR) is 233 cm³/mol. The van der Waals surface area contributed by atoms with Crippen molar-refractivity contribution in [1.82, 2.24) is 15.0 Å². The van der Waals surface area contributed by atoms with Crippen molar-refractivity contribution < 1.29 is 0 Å². The summed E-state index contributed by atoms with van der Waals surface area (Å²) in [4.78, 5) is 17.9. The lowest BCUT2D eigenvalue weighted by molar-refractivity contribution is 0.751. The summed E-state index contributed by atoms with van der Waals surface area (Å²) < 4.78 is 2.60. The Morgan fingerprint density at radius 2 is 1.05 bits per heavy atom. The average Bonchev–Trinajstić information content (AvgIpc) is 3.83. The number of aromatic nitrogens is 3. The number of nitrogens with zero attached hydrogens (tertiary/aromatic N) is 4. The molecule has 0 N–H and O–H groups in total. The van der Waals surface area contributed by atoms with Crippen molar-refractivity contribution in [3.8, 4) is 45.0 Å². The fourth-order valence-corrected chi connectivity index (χ4v) is 9.71. The summed E-state index contributed by atoms with van der Waals surface area (Å²) >= 11 is 1.88. The summed E-state index contributed by atoms with van der Waals surface area (Å²) in [5.41, 5.74) is 11.5. The molecule has 0 saturated carbocycles. The molecule has 4 nitrogen and oxygen atoms in total. The summed E-state index contributed by atoms with van der Waals surface area (Å²) in [5, 5.41) is 2.56. The first kappa shape index (κ1) is 32.5. The molecule has 2 aliphatic rings. The minimum atomic E-state index is 0.00867. The van der Waals surface area contributed by atoms with Gasteiger partial charge in [0.05, 0.1) is 6.04 Å². The lowest BCUT2D eigenvalue weighted by Gasteiger charge is -2.31. The highest BCUT2D eigenvalue weighted by Crippen LogP contribution is 2.54. The van der Waals surface area contributed by atoms with Gasteiger partial charge in [0.15, 0.2) is 17.5 Å². The van der Waals surface area contributed by atoms with Gasteiger partial charge >= 0.3 is 0 Å². The fraction of sp³-hybridized carbons (Fsp3) is 0.0392. The third-order valence-electron chi connectivity index (χ3n) is 11.1. The first-order valence-corrected chi connectivity index (χ1v) is 19.8. The van der Waals surface area contributed by atoms with Gasteiger partial charge < -0.3 is 4.90 Å². The van der Waals surface area contributed by atoms with E-state index in [1.54, 1.807) is 0 Å². The van der Waals surface area contributed by atoms with Crippen LogP contribution in [0.2, 0.25) is 0 Å². The number of allylic oxidation sites excluding steroid dienone is 2. The van der Waals surface area contributed by atoms with Crippen molar-refractivity contribution in [2.45, 2.75) is 12.0 Å². The van der Waals surface area contributed by atoms with E-state index in [0.29, 0.717) is 17.5 Å². The zero-order valence-electron chi connectivity index (χ0n) is 30.3. The van der Waals surface area contributed by atoms with Gasteiger partial charge in [-0.2, -0.15) is 0 Å². The van der Waals surface area contributed by atoms with Gasteiger partial charge in [-0.25, -0.2) is 15.0 Å². The van der Waals surface area contributed by atoms with Gasteiger partial charge in [0, 0.05) is 59.7 Å². The molecule has 56 heavy (non-hydrogen) atoms. The van der Waals surface area contributed by atoms with E-state index in [-0.39, 0.29) is 12.0 Å². The normalized spacial score (nSPS) is 15.9. The molecule has 7 aromatic carbocycles. The maximum absolute atomic E-state index is 5.19. The number of para-hydroxylation sites is 1. The topological polar surface area (TPSA) is 41.9 Å². The van der Waals surface area contributed by atoms with E-state index in [0.717, 1.165) is 16.7 Å². The number of thiophene rings is 1. The predicted octanol–water partition coefficient (Wildman–Crippen LogP) is 13.2. The first-order chi connectivity index (χ1) is 27.8. The molecular weight excluding hydrogens is 701 g/mol.